The average Bonchev–Trinajstić information content (AvgIpc) is 3.22. The maximum atomic E-state index is 12.4. The molecule has 0 aliphatic carbocycles. The van der Waals surface area contributed by atoms with E-state index in [-0.39, 0.29) is 19.1 Å². The molecule has 0 aromatic rings. The lowest BCUT2D eigenvalue weighted by Crippen LogP contribution is -2.47. The van der Waals surface area contributed by atoms with Gasteiger partial charge in [-0.05, 0) is 41.5 Å². The van der Waals surface area contributed by atoms with E-state index in [4.69, 9.17) is 18.9 Å². The van der Waals surface area contributed by atoms with Gasteiger partial charge in [0.05, 0.1) is 18.8 Å². The van der Waals surface area contributed by atoms with Gasteiger partial charge < -0.3 is 24.1 Å². The van der Waals surface area contributed by atoms with Gasteiger partial charge in [-0.3, -0.25) is 20.2 Å². The Hall–Kier alpha value is -3.15. The van der Waals surface area contributed by atoms with Gasteiger partial charge in [-0.15, -0.1) is 0 Å². The van der Waals surface area contributed by atoms with Crippen molar-refractivity contribution in [2.24, 2.45) is 16.8 Å². The Morgan fingerprint density at radius 2 is 1.39 bits per heavy atom. The molecule has 0 radical (unpaired) electrons. The summed E-state index contributed by atoms with van der Waals surface area (Å²) in [5, 5.41) is 14.0. The van der Waals surface area contributed by atoms with Crippen molar-refractivity contribution < 1.29 is 43.2 Å². The average molecular weight is 469 g/mol. The number of ether oxygens (including phenoxy) is 4. The normalized spacial score (nSPS) is 23.5. The zero-order valence-corrected chi connectivity index (χ0v) is 19.5. The number of esters is 1. The minimum absolute atomic E-state index is 0.137. The molecule has 12 nitrogen and oxygen atoms in total. The van der Waals surface area contributed by atoms with Gasteiger partial charge in [-0.1, -0.05) is 12.2 Å². The Balaban J connectivity index is 1.96. The predicted molar refractivity (Wildman–Crippen MR) is 114 cm³/mol. The summed E-state index contributed by atoms with van der Waals surface area (Å²) in [6.07, 6.45) is 0.237. The van der Waals surface area contributed by atoms with Crippen LogP contribution in [0.1, 0.15) is 41.5 Å². The van der Waals surface area contributed by atoms with Gasteiger partial charge in [0.25, 0.3) is 0 Å². The number of alkyl carbamates (subject to hydrolysis) is 2. The number of carbonyl (C=O) groups excluding carboxylic acids is 3. The molecule has 33 heavy (non-hydrogen) atoms. The largest absolute Gasteiger partial charge is 0.481 e. The summed E-state index contributed by atoms with van der Waals surface area (Å²) in [6.45, 7) is 9.66. The van der Waals surface area contributed by atoms with Crippen molar-refractivity contribution >= 4 is 30.1 Å². The number of hydrogen-bond donors (Lipinski definition) is 3. The predicted octanol–water partition coefficient (Wildman–Crippen LogP) is 1.59. The van der Waals surface area contributed by atoms with E-state index in [0.29, 0.717) is 0 Å². The minimum Gasteiger partial charge on any atom is -0.481 e. The van der Waals surface area contributed by atoms with E-state index in [1.54, 1.807) is 53.7 Å². The smallest absolute Gasteiger partial charge is 0.414 e. The van der Waals surface area contributed by atoms with Gasteiger partial charge in [0, 0.05) is 0 Å². The molecule has 2 rings (SSSR count). The summed E-state index contributed by atoms with van der Waals surface area (Å²) in [7, 11) is 0. The number of carboxylic acid groups (broad SMARTS) is 1. The van der Waals surface area contributed by atoms with Crippen LogP contribution in [-0.4, -0.2) is 71.8 Å². The fourth-order valence-electron chi connectivity index (χ4n) is 3.19. The van der Waals surface area contributed by atoms with E-state index < -0.39 is 59.4 Å². The molecule has 0 saturated carbocycles. The number of aliphatic carboxylic acids is 1. The summed E-state index contributed by atoms with van der Waals surface area (Å²) >= 11 is 0. The highest BCUT2D eigenvalue weighted by Crippen LogP contribution is 2.39. The fraction of sp³-hybridized carbons (Fsp3) is 0.667. The van der Waals surface area contributed by atoms with Crippen molar-refractivity contribution in [2.45, 2.75) is 65.0 Å². The number of guanidine groups is 1. The fourth-order valence-corrected chi connectivity index (χ4v) is 3.19. The highest BCUT2D eigenvalue weighted by atomic mass is 16.6. The second kappa shape index (κ2) is 10.2. The maximum absolute atomic E-state index is 12.4. The highest BCUT2D eigenvalue weighted by Gasteiger charge is 2.54. The van der Waals surface area contributed by atoms with Crippen molar-refractivity contribution in [2.75, 3.05) is 13.2 Å². The third-order valence-corrected chi connectivity index (χ3v) is 4.30. The van der Waals surface area contributed by atoms with Crippen molar-refractivity contribution in [1.29, 1.82) is 0 Å². The summed E-state index contributed by atoms with van der Waals surface area (Å²) in [5.41, 5.74) is -1.57. The van der Waals surface area contributed by atoms with Crippen LogP contribution in [0.5, 0.6) is 0 Å². The van der Waals surface area contributed by atoms with Gasteiger partial charge in [0.15, 0.2) is 0 Å². The van der Waals surface area contributed by atoms with Gasteiger partial charge in [0.2, 0.25) is 5.96 Å². The van der Waals surface area contributed by atoms with Gasteiger partial charge >= 0.3 is 24.1 Å². The zero-order valence-electron chi connectivity index (χ0n) is 19.5. The van der Waals surface area contributed by atoms with Crippen molar-refractivity contribution in [1.82, 2.24) is 10.6 Å². The Morgan fingerprint density at radius 1 is 0.909 bits per heavy atom. The first-order valence-corrected chi connectivity index (χ1v) is 10.4. The lowest BCUT2D eigenvalue weighted by atomic mass is 9.83. The lowest BCUT2D eigenvalue weighted by molar-refractivity contribution is -0.156. The number of fused-ring (bicyclic) bond motifs is 2. The molecule has 12 heteroatoms. The Bertz CT molecular complexity index is 807. The number of nitrogens with one attached hydrogen (secondary N) is 2. The van der Waals surface area contributed by atoms with Crippen molar-refractivity contribution in [3.05, 3.63) is 12.2 Å². The second-order valence-electron chi connectivity index (χ2n) is 9.49. The molecule has 4 unspecified atom stereocenters. The molecule has 1 saturated heterocycles. The van der Waals surface area contributed by atoms with E-state index in [0.717, 1.165) is 0 Å². The molecule has 3 N–H and O–H groups in total. The number of rotatable bonds is 5. The molecule has 2 aliphatic rings. The summed E-state index contributed by atoms with van der Waals surface area (Å²) < 4.78 is 20.9. The van der Waals surface area contributed by atoms with Crippen LogP contribution in [0.25, 0.3) is 0 Å². The molecule has 1 fully saturated rings. The molecule has 184 valence electrons. The zero-order chi connectivity index (χ0) is 25.0. The monoisotopic (exact) mass is 469 g/mol. The Labute approximate surface area is 191 Å². The van der Waals surface area contributed by atoms with Crippen LogP contribution in [0.2, 0.25) is 0 Å². The highest BCUT2D eigenvalue weighted by molar-refractivity contribution is 6.01. The van der Waals surface area contributed by atoms with Crippen LogP contribution >= 0.6 is 0 Å². The molecule has 2 aliphatic heterocycles. The van der Waals surface area contributed by atoms with Gasteiger partial charge in [-0.25, -0.2) is 14.6 Å². The van der Waals surface area contributed by atoms with Crippen molar-refractivity contribution in [3.8, 4) is 0 Å². The molecule has 4 atom stereocenters. The molecular weight excluding hydrogens is 438 g/mol. The standard InChI is InChI=1S/C21H31N3O9/c1-20(2,3)32-18(28)23-17(24-19(29)33-21(4,5)6)22-9-10-30-16(27)14-12-8-7-11(31-12)13(14)15(25)26/h7-8,11-14H,9-10H2,1-6H3,(H,25,26)(H2,22,23,24,28,29). The molecule has 2 bridgehead atoms. The lowest BCUT2D eigenvalue weighted by Gasteiger charge is -2.22. The number of amides is 2. The van der Waals surface area contributed by atoms with Crippen LogP contribution in [-0.2, 0) is 28.5 Å². The summed E-state index contributed by atoms with van der Waals surface area (Å²) in [5.74, 6) is -4.10. The third-order valence-electron chi connectivity index (χ3n) is 4.30. The molecule has 0 aromatic heterocycles. The van der Waals surface area contributed by atoms with E-state index in [1.165, 1.54) is 0 Å². The van der Waals surface area contributed by atoms with E-state index in [9.17, 15) is 24.3 Å². The van der Waals surface area contributed by atoms with Crippen LogP contribution in [0.4, 0.5) is 9.59 Å². The van der Waals surface area contributed by atoms with Crippen LogP contribution in [0.3, 0.4) is 0 Å². The quantitative estimate of drug-likeness (QED) is 0.136. The second-order valence-corrected chi connectivity index (χ2v) is 9.49. The van der Waals surface area contributed by atoms with E-state index >= 15 is 0 Å². The first-order chi connectivity index (χ1) is 15.2. The molecule has 2 amide bonds. The number of carboxylic acids is 1. The Morgan fingerprint density at radius 3 is 1.85 bits per heavy atom. The summed E-state index contributed by atoms with van der Waals surface area (Å²) in [6, 6.07) is 0. The van der Waals surface area contributed by atoms with Gasteiger partial charge in [-0.2, -0.15) is 0 Å². The SMILES string of the molecule is CC(C)(C)OC(=O)NC(=NCCOC(=O)C1C2C=CC(O2)C1C(=O)O)NC(=O)OC(C)(C)C. The minimum atomic E-state index is -1.14. The molecule has 2 heterocycles. The first-order valence-electron chi connectivity index (χ1n) is 10.4. The topological polar surface area (TPSA) is 162 Å². The summed E-state index contributed by atoms with van der Waals surface area (Å²) in [4.78, 5) is 52.0. The van der Waals surface area contributed by atoms with Crippen LogP contribution in [0, 0.1) is 11.8 Å². The maximum Gasteiger partial charge on any atom is 0.414 e. The van der Waals surface area contributed by atoms with Crippen molar-refractivity contribution in [3.63, 3.8) is 0 Å². The first kappa shape index (κ1) is 26.1. The molecule has 0 aromatic carbocycles. The van der Waals surface area contributed by atoms with Crippen LogP contribution < -0.4 is 10.6 Å². The number of carbonyl (C=O) groups is 4. The van der Waals surface area contributed by atoms with Crippen LogP contribution in [0.15, 0.2) is 17.1 Å². The number of aliphatic imine (C=N–C) groups is 1. The molecule has 0 spiro atoms. The third kappa shape index (κ3) is 8.04. The van der Waals surface area contributed by atoms with E-state index in [2.05, 4.69) is 15.6 Å². The number of nitrogens with zero attached hydrogens (tertiary/aromatic N) is 1. The Kier molecular flexibility index (Phi) is 8.06. The van der Waals surface area contributed by atoms with Gasteiger partial charge in [0.1, 0.15) is 29.6 Å². The number of hydrogen-bond acceptors (Lipinski definition) is 9. The van der Waals surface area contributed by atoms with E-state index in [1.807, 2.05) is 0 Å². The molecular formula is C21H31N3O9.